The van der Waals surface area contributed by atoms with Gasteiger partial charge in [-0.1, -0.05) is 20.3 Å². The molecule has 1 aromatic rings. The first-order valence-electron chi connectivity index (χ1n) is 6.16. The second kappa shape index (κ2) is 7.41. The minimum absolute atomic E-state index is 0.236. The van der Waals surface area contributed by atoms with Crippen LogP contribution in [0.15, 0.2) is 12.4 Å². The lowest BCUT2D eigenvalue weighted by Gasteiger charge is -2.11. The van der Waals surface area contributed by atoms with E-state index >= 15 is 0 Å². The molecule has 4 nitrogen and oxygen atoms in total. The minimum atomic E-state index is -0.236. The fourth-order valence-corrected chi connectivity index (χ4v) is 1.74. The van der Waals surface area contributed by atoms with Crippen molar-refractivity contribution in [3.05, 3.63) is 18.2 Å². The fourth-order valence-electron chi connectivity index (χ4n) is 1.74. The third kappa shape index (κ3) is 4.33. The third-order valence-corrected chi connectivity index (χ3v) is 2.55. The molecule has 0 fully saturated rings. The second-order valence-electron chi connectivity index (χ2n) is 4.11. The zero-order valence-corrected chi connectivity index (χ0v) is 10.3. The van der Waals surface area contributed by atoms with E-state index in [0.29, 0.717) is 6.54 Å². The van der Waals surface area contributed by atoms with Crippen molar-refractivity contribution >= 4 is 0 Å². The first-order chi connectivity index (χ1) is 7.77. The van der Waals surface area contributed by atoms with Gasteiger partial charge in [-0.25, -0.2) is 4.98 Å². The molecule has 1 atom stereocenters. The van der Waals surface area contributed by atoms with Crippen molar-refractivity contribution in [3.8, 4) is 0 Å². The van der Waals surface area contributed by atoms with Crippen LogP contribution in [-0.4, -0.2) is 27.3 Å². The lowest BCUT2D eigenvalue weighted by atomic mass is 10.2. The molecule has 0 saturated carbocycles. The van der Waals surface area contributed by atoms with Crippen LogP contribution in [0.2, 0.25) is 0 Å². The van der Waals surface area contributed by atoms with Crippen molar-refractivity contribution in [3.63, 3.8) is 0 Å². The third-order valence-electron chi connectivity index (χ3n) is 2.55. The molecule has 1 aromatic heterocycles. The first-order valence-corrected chi connectivity index (χ1v) is 6.16. The lowest BCUT2D eigenvalue weighted by Crippen LogP contribution is -2.27. The van der Waals surface area contributed by atoms with Crippen molar-refractivity contribution in [1.82, 2.24) is 14.9 Å². The van der Waals surface area contributed by atoms with Crippen LogP contribution >= 0.6 is 0 Å². The fraction of sp³-hybridized carbons (Fsp3) is 0.750. The summed E-state index contributed by atoms with van der Waals surface area (Å²) in [5, 5.41) is 12.8. The monoisotopic (exact) mass is 225 g/mol. The van der Waals surface area contributed by atoms with E-state index in [4.69, 9.17) is 0 Å². The number of rotatable bonds is 8. The van der Waals surface area contributed by atoms with E-state index in [0.717, 1.165) is 38.2 Å². The van der Waals surface area contributed by atoms with E-state index < -0.39 is 0 Å². The number of nitrogens with zero attached hydrogens (tertiary/aromatic N) is 2. The van der Waals surface area contributed by atoms with Crippen LogP contribution in [0.5, 0.6) is 0 Å². The molecule has 16 heavy (non-hydrogen) atoms. The molecule has 92 valence electrons. The molecular weight excluding hydrogens is 202 g/mol. The Morgan fingerprint density at radius 1 is 1.44 bits per heavy atom. The van der Waals surface area contributed by atoms with Gasteiger partial charge in [0.1, 0.15) is 5.82 Å². The quantitative estimate of drug-likeness (QED) is 0.705. The Balaban J connectivity index is 2.28. The molecule has 0 aliphatic rings. The second-order valence-corrected chi connectivity index (χ2v) is 4.11. The number of aliphatic hydroxyl groups is 1. The maximum Gasteiger partial charge on any atom is 0.122 e. The van der Waals surface area contributed by atoms with Crippen LogP contribution in [0, 0.1) is 0 Å². The normalized spacial score (nSPS) is 12.9. The van der Waals surface area contributed by atoms with Gasteiger partial charge in [-0.15, -0.1) is 0 Å². The van der Waals surface area contributed by atoms with Crippen LogP contribution in [0.3, 0.4) is 0 Å². The van der Waals surface area contributed by atoms with Crippen LogP contribution in [0.1, 0.15) is 38.9 Å². The Labute approximate surface area is 97.7 Å². The van der Waals surface area contributed by atoms with Gasteiger partial charge in [-0.2, -0.15) is 0 Å². The Kier molecular flexibility index (Phi) is 6.11. The zero-order valence-electron chi connectivity index (χ0n) is 10.3. The molecule has 0 spiro atoms. The van der Waals surface area contributed by atoms with Gasteiger partial charge in [0.2, 0.25) is 0 Å². The van der Waals surface area contributed by atoms with Crippen molar-refractivity contribution in [2.45, 2.75) is 52.3 Å². The molecule has 0 radical (unpaired) electrons. The SMILES string of the molecule is CCCC(O)CNCc1nccn1CCC. The van der Waals surface area contributed by atoms with Gasteiger partial charge >= 0.3 is 0 Å². The van der Waals surface area contributed by atoms with Crippen LogP contribution in [0.4, 0.5) is 0 Å². The Morgan fingerprint density at radius 3 is 2.94 bits per heavy atom. The van der Waals surface area contributed by atoms with Gasteiger partial charge in [0.05, 0.1) is 12.6 Å². The summed E-state index contributed by atoms with van der Waals surface area (Å²) in [5.74, 6) is 1.05. The molecule has 2 N–H and O–H groups in total. The summed E-state index contributed by atoms with van der Waals surface area (Å²) in [6.45, 7) is 6.62. The molecule has 1 heterocycles. The number of aromatic nitrogens is 2. The number of hydrogen-bond donors (Lipinski definition) is 2. The summed E-state index contributed by atoms with van der Waals surface area (Å²) in [5.41, 5.74) is 0. The van der Waals surface area contributed by atoms with Gasteiger partial charge in [-0.3, -0.25) is 0 Å². The number of aryl methyl sites for hydroxylation is 1. The standard InChI is InChI=1S/C12H23N3O/c1-3-5-11(16)9-13-10-12-14-6-8-15(12)7-4-2/h6,8,11,13,16H,3-5,7,9-10H2,1-2H3. The summed E-state index contributed by atoms with van der Waals surface area (Å²) in [6, 6.07) is 0. The maximum atomic E-state index is 9.56. The van der Waals surface area contributed by atoms with Crippen LogP contribution < -0.4 is 5.32 Å². The zero-order chi connectivity index (χ0) is 11.8. The summed E-state index contributed by atoms with van der Waals surface area (Å²) in [4.78, 5) is 4.30. The van der Waals surface area contributed by atoms with Gasteiger partial charge in [0.15, 0.2) is 0 Å². The molecule has 0 aliphatic heterocycles. The van der Waals surface area contributed by atoms with E-state index in [1.807, 2.05) is 12.4 Å². The number of hydrogen-bond acceptors (Lipinski definition) is 3. The summed E-state index contributed by atoms with van der Waals surface area (Å²) >= 11 is 0. The molecule has 0 amide bonds. The predicted molar refractivity (Wildman–Crippen MR) is 65.1 cm³/mol. The van der Waals surface area contributed by atoms with Crippen molar-refractivity contribution in [2.24, 2.45) is 0 Å². The number of nitrogens with one attached hydrogen (secondary N) is 1. The molecule has 1 unspecified atom stereocenters. The lowest BCUT2D eigenvalue weighted by molar-refractivity contribution is 0.160. The average molecular weight is 225 g/mol. The van der Waals surface area contributed by atoms with E-state index in [1.54, 1.807) is 0 Å². The Hall–Kier alpha value is -0.870. The summed E-state index contributed by atoms with van der Waals surface area (Å²) in [6.07, 6.45) is 6.59. The van der Waals surface area contributed by atoms with Crippen molar-refractivity contribution < 1.29 is 5.11 Å². The van der Waals surface area contributed by atoms with Gasteiger partial charge in [0, 0.05) is 25.5 Å². The molecule has 0 aromatic carbocycles. The molecule has 0 aliphatic carbocycles. The van der Waals surface area contributed by atoms with E-state index in [-0.39, 0.29) is 6.10 Å². The topological polar surface area (TPSA) is 50.1 Å². The average Bonchev–Trinajstić information content (AvgIpc) is 2.67. The van der Waals surface area contributed by atoms with E-state index in [9.17, 15) is 5.11 Å². The summed E-state index contributed by atoms with van der Waals surface area (Å²) in [7, 11) is 0. The maximum absolute atomic E-state index is 9.56. The molecule has 1 rings (SSSR count). The molecule has 0 bridgehead atoms. The van der Waals surface area contributed by atoms with Crippen LogP contribution in [-0.2, 0) is 13.1 Å². The predicted octanol–water partition coefficient (Wildman–Crippen LogP) is 1.54. The minimum Gasteiger partial charge on any atom is -0.392 e. The van der Waals surface area contributed by atoms with Crippen molar-refractivity contribution in [1.29, 1.82) is 0 Å². The highest BCUT2D eigenvalue weighted by atomic mass is 16.3. The van der Waals surface area contributed by atoms with Gasteiger partial charge in [-0.05, 0) is 12.8 Å². The van der Waals surface area contributed by atoms with E-state index in [2.05, 4.69) is 28.7 Å². The first kappa shape index (κ1) is 13.2. The molecule has 0 saturated heterocycles. The van der Waals surface area contributed by atoms with Crippen molar-refractivity contribution in [2.75, 3.05) is 6.54 Å². The molecular formula is C12H23N3O. The van der Waals surface area contributed by atoms with Gasteiger partial charge in [0.25, 0.3) is 0 Å². The Bertz CT molecular complexity index is 286. The summed E-state index contributed by atoms with van der Waals surface area (Å²) < 4.78 is 2.15. The van der Waals surface area contributed by atoms with Crippen LogP contribution in [0.25, 0.3) is 0 Å². The van der Waals surface area contributed by atoms with E-state index in [1.165, 1.54) is 0 Å². The number of aliphatic hydroxyl groups excluding tert-OH is 1. The van der Waals surface area contributed by atoms with Gasteiger partial charge < -0.3 is 15.0 Å². The highest BCUT2D eigenvalue weighted by Gasteiger charge is 2.04. The largest absolute Gasteiger partial charge is 0.392 e. The highest BCUT2D eigenvalue weighted by Crippen LogP contribution is 2.00. The smallest absolute Gasteiger partial charge is 0.122 e. The Morgan fingerprint density at radius 2 is 2.25 bits per heavy atom. The number of imidazole rings is 1. The highest BCUT2D eigenvalue weighted by molar-refractivity contribution is 4.91. The molecule has 4 heteroatoms.